The van der Waals surface area contributed by atoms with Crippen molar-refractivity contribution in [1.29, 1.82) is 0 Å². The molecule has 2 aromatic rings. The van der Waals surface area contributed by atoms with Crippen LogP contribution in [0.1, 0.15) is 20.3 Å². The van der Waals surface area contributed by atoms with E-state index >= 15 is 0 Å². The van der Waals surface area contributed by atoms with Crippen molar-refractivity contribution in [2.45, 2.75) is 20.3 Å². The van der Waals surface area contributed by atoms with E-state index in [4.69, 9.17) is 0 Å². The van der Waals surface area contributed by atoms with E-state index < -0.39 is 0 Å². The normalized spacial score (nSPS) is 11.4. The molecule has 0 bridgehead atoms. The summed E-state index contributed by atoms with van der Waals surface area (Å²) in [6.45, 7) is 3.80. The second-order valence-electron chi connectivity index (χ2n) is 4.12. The third kappa shape index (κ3) is 3.28. The number of amides is 1. The van der Waals surface area contributed by atoms with Crippen molar-refractivity contribution in [1.82, 2.24) is 14.5 Å². The molecule has 5 nitrogen and oxygen atoms in total. The molecule has 0 atom stereocenters. The van der Waals surface area contributed by atoms with Gasteiger partial charge in [0.15, 0.2) is 0 Å². The Balaban J connectivity index is 2.07. The van der Waals surface area contributed by atoms with Crippen molar-refractivity contribution in [2.75, 3.05) is 5.32 Å². The van der Waals surface area contributed by atoms with Crippen LogP contribution in [-0.4, -0.2) is 20.4 Å². The summed E-state index contributed by atoms with van der Waals surface area (Å²) >= 11 is 0. The summed E-state index contributed by atoms with van der Waals surface area (Å²) in [6.07, 6.45) is 9.55. The van der Waals surface area contributed by atoms with E-state index in [0.29, 0.717) is 11.3 Å². The zero-order chi connectivity index (χ0) is 13.7. The summed E-state index contributed by atoms with van der Waals surface area (Å²) in [5.74, 6) is 0.662. The maximum atomic E-state index is 11.8. The molecule has 0 saturated carbocycles. The first-order valence-electron chi connectivity index (χ1n) is 6.13. The van der Waals surface area contributed by atoms with Gasteiger partial charge in [-0.05, 0) is 25.5 Å². The Hall–Kier alpha value is -2.43. The van der Waals surface area contributed by atoms with E-state index in [9.17, 15) is 4.79 Å². The summed E-state index contributed by atoms with van der Waals surface area (Å²) in [4.78, 5) is 20.0. The van der Waals surface area contributed by atoms with Crippen LogP contribution in [-0.2, 0) is 4.79 Å². The molecule has 0 aliphatic heterocycles. The lowest BCUT2D eigenvalue weighted by Crippen LogP contribution is -2.12. The first-order valence-corrected chi connectivity index (χ1v) is 6.13. The van der Waals surface area contributed by atoms with Crippen molar-refractivity contribution < 1.29 is 4.79 Å². The molecule has 98 valence electrons. The first-order chi connectivity index (χ1) is 9.20. The third-order valence-corrected chi connectivity index (χ3v) is 2.64. The summed E-state index contributed by atoms with van der Waals surface area (Å²) in [6, 6.07) is 3.65. The molecule has 0 spiro atoms. The fourth-order valence-corrected chi connectivity index (χ4v) is 1.64. The maximum absolute atomic E-state index is 11.8. The highest BCUT2D eigenvalue weighted by atomic mass is 16.1. The van der Waals surface area contributed by atoms with E-state index in [1.54, 1.807) is 30.2 Å². The predicted octanol–water partition coefficient (Wildman–Crippen LogP) is 2.56. The number of nitrogens with one attached hydrogen (secondary N) is 1. The molecule has 5 heteroatoms. The quantitative estimate of drug-likeness (QED) is 0.855. The Kier molecular flexibility index (Phi) is 4.07. The van der Waals surface area contributed by atoms with E-state index in [1.165, 1.54) is 0 Å². The van der Waals surface area contributed by atoms with Crippen molar-refractivity contribution >= 4 is 11.6 Å². The number of carbonyl (C=O) groups excluding carboxylic acids is 1. The first kappa shape index (κ1) is 13.0. The number of hydrogen-bond acceptors (Lipinski definition) is 3. The Bertz CT molecular complexity index is 570. The number of aromatic nitrogens is 3. The van der Waals surface area contributed by atoms with Crippen LogP contribution in [0.2, 0.25) is 0 Å². The number of pyridine rings is 1. The number of hydrogen-bond donors (Lipinski definition) is 1. The molecule has 0 aliphatic carbocycles. The van der Waals surface area contributed by atoms with Crippen LogP contribution in [0, 0.1) is 0 Å². The highest BCUT2D eigenvalue weighted by molar-refractivity contribution is 6.03. The molecule has 2 rings (SSSR count). The Labute approximate surface area is 112 Å². The number of nitrogens with zero attached hydrogens (tertiary/aromatic N) is 3. The predicted molar refractivity (Wildman–Crippen MR) is 74.0 cm³/mol. The van der Waals surface area contributed by atoms with Crippen LogP contribution in [0.25, 0.3) is 5.82 Å². The van der Waals surface area contributed by atoms with Gasteiger partial charge in [0.25, 0.3) is 5.91 Å². The van der Waals surface area contributed by atoms with Gasteiger partial charge in [0.1, 0.15) is 12.1 Å². The van der Waals surface area contributed by atoms with Crippen molar-refractivity contribution in [3.63, 3.8) is 0 Å². The standard InChI is InChI=1S/C14H16N4O/c1-3-4-11(2)14(19)17-12-5-6-13(16-9-12)18-8-7-15-10-18/h4-10H,3H2,1-2H3,(H,17,19)/b11-4+. The summed E-state index contributed by atoms with van der Waals surface area (Å²) < 4.78 is 1.80. The number of anilines is 1. The maximum Gasteiger partial charge on any atom is 0.251 e. The minimum absolute atomic E-state index is 0.0981. The van der Waals surface area contributed by atoms with Gasteiger partial charge in [0, 0.05) is 18.0 Å². The van der Waals surface area contributed by atoms with Gasteiger partial charge in [-0.3, -0.25) is 9.36 Å². The average Bonchev–Trinajstić information content (AvgIpc) is 2.94. The molecule has 0 unspecified atom stereocenters. The minimum Gasteiger partial charge on any atom is -0.321 e. The third-order valence-electron chi connectivity index (χ3n) is 2.64. The lowest BCUT2D eigenvalue weighted by molar-refractivity contribution is -0.112. The van der Waals surface area contributed by atoms with Crippen molar-refractivity contribution in [3.05, 3.63) is 48.7 Å². The Morgan fingerprint density at radius 2 is 2.32 bits per heavy atom. The molecule has 2 aromatic heterocycles. The van der Waals surface area contributed by atoms with Crippen LogP contribution in [0.5, 0.6) is 0 Å². The molecule has 0 saturated heterocycles. The highest BCUT2D eigenvalue weighted by Gasteiger charge is 2.04. The lowest BCUT2D eigenvalue weighted by Gasteiger charge is -2.06. The molecule has 1 amide bonds. The van der Waals surface area contributed by atoms with Crippen molar-refractivity contribution in [3.8, 4) is 5.82 Å². The molecule has 0 aromatic carbocycles. The Morgan fingerprint density at radius 1 is 1.47 bits per heavy atom. The number of imidazole rings is 1. The molecule has 0 fully saturated rings. The molecular weight excluding hydrogens is 240 g/mol. The summed E-state index contributed by atoms with van der Waals surface area (Å²) in [5, 5.41) is 2.80. The summed E-state index contributed by atoms with van der Waals surface area (Å²) in [5.41, 5.74) is 1.39. The van der Waals surface area contributed by atoms with Crippen LogP contribution in [0.3, 0.4) is 0 Å². The topological polar surface area (TPSA) is 59.8 Å². The molecule has 0 radical (unpaired) electrons. The van der Waals surface area contributed by atoms with Gasteiger partial charge in [-0.2, -0.15) is 0 Å². The zero-order valence-corrected chi connectivity index (χ0v) is 11.0. The van der Waals surface area contributed by atoms with Crippen LogP contribution >= 0.6 is 0 Å². The monoisotopic (exact) mass is 256 g/mol. The molecule has 19 heavy (non-hydrogen) atoms. The van der Waals surface area contributed by atoms with E-state index in [1.807, 2.05) is 31.3 Å². The van der Waals surface area contributed by atoms with Crippen LogP contribution in [0.4, 0.5) is 5.69 Å². The second-order valence-corrected chi connectivity index (χ2v) is 4.12. The van der Waals surface area contributed by atoms with Crippen LogP contribution in [0.15, 0.2) is 48.7 Å². The fraction of sp³-hybridized carbons (Fsp3) is 0.214. The zero-order valence-electron chi connectivity index (χ0n) is 11.0. The fourth-order valence-electron chi connectivity index (χ4n) is 1.64. The van der Waals surface area contributed by atoms with Gasteiger partial charge in [0.2, 0.25) is 0 Å². The molecule has 1 N–H and O–H groups in total. The molecule has 0 aliphatic rings. The molecular formula is C14H16N4O. The average molecular weight is 256 g/mol. The number of rotatable bonds is 4. The lowest BCUT2D eigenvalue weighted by atomic mass is 10.2. The van der Waals surface area contributed by atoms with Gasteiger partial charge in [-0.15, -0.1) is 0 Å². The van der Waals surface area contributed by atoms with Gasteiger partial charge in [-0.25, -0.2) is 9.97 Å². The smallest absolute Gasteiger partial charge is 0.251 e. The van der Waals surface area contributed by atoms with Gasteiger partial charge in [-0.1, -0.05) is 13.0 Å². The van der Waals surface area contributed by atoms with Gasteiger partial charge in [0.05, 0.1) is 11.9 Å². The van der Waals surface area contributed by atoms with Gasteiger partial charge >= 0.3 is 0 Å². The van der Waals surface area contributed by atoms with Crippen molar-refractivity contribution in [2.24, 2.45) is 0 Å². The largest absolute Gasteiger partial charge is 0.321 e. The SMILES string of the molecule is CC/C=C(\C)C(=O)Nc1ccc(-n2ccnc2)nc1. The second kappa shape index (κ2) is 5.95. The summed E-state index contributed by atoms with van der Waals surface area (Å²) in [7, 11) is 0. The van der Waals surface area contributed by atoms with Gasteiger partial charge < -0.3 is 5.32 Å². The van der Waals surface area contributed by atoms with E-state index in [0.717, 1.165) is 12.2 Å². The Morgan fingerprint density at radius 3 is 2.89 bits per heavy atom. The number of allylic oxidation sites excluding steroid dienone is 1. The van der Waals surface area contributed by atoms with Crippen LogP contribution < -0.4 is 5.32 Å². The molecule has 2 heterocycles. The minimum atomic E-state index is -0.0981. The number of carbonyl (C=O) groups is 1. The highest BCUT2D eigenvalue weighted by Crippen LogP contribution is 2.10. The van der Waals surface area contributed by atoms with E-state index in [-0.39, 0.29) is 5.91 Å². The van der Waals surface area contributed by atoms with E-state index in [2.05, 4.69) is 15.3 Å².